The topological polar surface area (TPSA) is 125 Å². The number of fused-ring (bicyclic) bond motifs is 3. The van der Waals surface area contributed by atoms with E-state index in [2.05, 4.69) is 25.6 Å². The van der Waals surface area contributed by atoms with Crippen LogP contribution in [0.4, 0.5) is 11.8 Å². The van der Waals surface area contributed by atoms with E-state index in [1.165, 1.54) is 4.52 Å². The Morgan fingerprint density at radius 3 is 2.61 bits per heavy atom. The summed E-state index contributed by atoms with van der Waals surface area (Å²) < 4.78 is 3.31. The summed E-state index contributed by atoms with van der Waals surface area (Å²) in [6, 6.07) is 9.62. The number of hydrazine groups is 1. The Morgan fingerprint density at radius 1 is 1.09 bits per heavy atom. The van der Waals surface area contributed by atoms with Gasteiger partial charge in [-0.25, -0.2) is 15.5 Å². The Bertz CT molecular complexity index is 1080. The van der Waals surface area contributed by atoms with Crippen LogP contribution in [0.5, 0.6) is 0 Å². The molecule has 4 aromatic rings. The first-order valence-corrected chi connectivity index (χ1v) is 7.06. The number of nitrogens with zero attached hydrogens (tertiary/aromatic N) is 6. The van der Waals surface area contributed by atoms with Crippen molar-refractivity contribution in [1.82, 2.24) is 29.4 Å². The number of hydrogen-bond acceptors (Lipinski definition) is 8. The van der Waals surface area contributed by atoms with E-state index < -0.39 is 0 Å². The fraction of sp³-hybridized carbons (Fsp3) is 0. The second-order valence-electron chi connectivity index (χ2n) is 4.75. The van der Waals surface area contributed by atoms with Gasteiger partial charge in [0.05, 0.1) is 17.3 Å². The van der Waals surface area contributed by atoms with Gasteiger partial charge in [0.25, 0.3) is 0 Å². The smallest absolute Gasteiger partial charge is 0.242 e. The molecule has 0 aliphatic heterocycles. The molecule has 0 spiro atoms. The number of rotatable bonds is 2. The molecule has 3 heterocycles. The van der Waals surface area contributed by atoms with Crippen molar-refractivity contribution in [3.8, 4) is 5.69 Å². The predicted molar refractivity (Wildman–Crippen MR) is 88.5 cm³/mol. The molecule has 9 nitrogen and oxygen atoms in total. The molecule has 0 amide bonds. The average molecular weight is 325 g/mol. The lowest BCUT2D eigenvalue weighted by molar-refractivity contribution is 0.863. The monoisotopic (exact) mass is 325 g/mol. The lowest BCUT2D eigenvalue weighted by Crippen LogP contribution is -2.17. The standard InChI is InChI=1S/C13H11N9S/c14-9-12(23)17-10-8-6-16-21(7-4-2-1-3-5-7)11(8)18-13(19-15)22(10)20-9/h1-6H,15H2,(H2,14,20)(H,18,19). The summed E-state index contributed by atoms with van der Waals surface area (Å²) in [5.41, 5.74) is 10.2. The van der Waals surface area contributed by atoms with Gasteiger partial charge in [-0.1, -0.05) is 30.4 Å². The third-order valence-electron chi connectivity index (χ3n) is 3.36. The second-order valence-corrected chi connectivity index (χ2v) is 5.13. The average Bonchev–Trinajstić information content (AvgIpc) is 3.00. The molecule has 4 rings (SSSR count). The predicted octanol–water partition coefficient (Wildman–Crippen LogP) is 1.06. The van der Waals surface area contributed by atoms with Gasteiger partial charge in [0.15, 0.2) is 21.8 Å². The maximum atomic E-state index is 5.73. The third-order valence-corrected chi connectivity index (χ3v) is 3.66. The first-order chi connectivity index (χ1) is 11.2. The number of hydrogen-bond donors (Lipinski definition) is 3. The fourth-order valence-corrected chi connectivity index (χ4v) is 2.45. The molecule has 0 saturated heterocycles. The molecule has 5 N–H and O–H groups in total. The van der Waals surface area contributed by atoms with Gasteiger partial charge >= 0.3 is 0 Å². The van der Waals surface area contributed by atoms with Crippen LogP contribution < -0.4 is 17.0 Å². The summed E-state index contributed by atoms with van der Waals surface area (Å²) in [7, 11) is 0. The Kier molecular flexibility index (Phi) is 2.93. The number of para-hydroxylation sites is 1. The summed E-state index contributed by atoms with van der Waals surface area (Å²) in [5.74, 6) is 5.96. The highest BCUT2D eigenvalue weighted by atomic mass is 32.1. The maximum absolute atomic E-state index is 5.73. The van der Waals surface area contributed by atoms with Crippen LogP contribution in [-0.4, -0.2) is 29.4 Å². The summed E-state index contributed by atoms with van der Waals surface area (Å²) in [6.45, 7) is 0. The van der Waals surface area contributed by atoms with Crippen molar-refractivity contribution in [2.24, 2.45) is 5.84 Å². The van der Waals surface area contributed by atoms with E-state index in [-0.39, 0.29) is 16.4 Å². The Morgan fingerprint density at radius 2 is 1.87 bits per heavy atom. The fourth-order valence-electron chi connectivity index (χ4n) is 2.33. The zero-order valence-corrected chi connectivity index (χ0v) is 12.5. The summed E-state index contributed by atoms with van der Waals surface area (Å²) in [4.78, 5) is 8.78. The van der Waals surface area contributed by atoms with Gasteiger partial charge in [-0.15, -0.1) is 5.10 Å². The van der Waals surface area contributed by atoms with Crippen molar-refractivity contribution in [3.05, 3.63) is 41.2 Å². The van der Waals surface area contributed by atoms with Crippen LogP contribution in [0.2, 0.25) is 0 Å². The van der Waals surface area contributed by atoms with Crippen molar-refractivity contribution in [3.63, 3.8) is 0 Å². The van der Waals surface area contributed by atoms with Gasteiger partial charge in [-0.05, 0) is 12.1 Å². The van der Waals surface area contributed by atoms with Crippen molar-refractivity contribution in [2.75, 3.05) is 11.2 Å². The molecule has 3 aromatic heterocycles. The molecule has 0 unspecified atom stereocenters. The van der Waals surface area contributed by atoms with Crippen molar-refractivity contribution in [2.45, 2.75) is 0 Å². The van der Waals surface area contributed by atoms with E-state index in [1.54, 1.807) is 10.9 Å². The zero-order chi connectivity index (χ0) is 16.0. The summed E-state index contributed by atoms with van der Waals surface area (Å²) >= 11 is 5.11. The molecule has 0 saturated carbocycles. The normalized spacial score (nSPS) is 11.2. The van der Waals surface area contributed by atoms with Crippen molar-refractivity contribution in [1.29, 1.82) is 0 Å². The van der Waals surface area contributed by atoms with Crippen LogP contribution in [0.3, 0.4) is 0 Å². The number of benzene rings is 1. The molecule has 10 heteroatoms. The SMILES string of the molecule is NNc1nc2c(cnn2-c2ccccc2)c2nc(=S)c(N)nn12. The molecule has 0 radical (unpaired) electrons. The lowest BCUT2D eigenvalue weighted by Gasteiger charge is -2.09. The van der Waals surface area contributed by atoms with E-state index in [9.17, 15) is 0 Å². The van der Waals surface area contributed by atoms with Crippen LogP contribution in [0.25, 0.3) is 22.4 Å². The Hall–Kier alpha value is -3.11. The molecule has 0 aliphatic rings. The van der Waals surface area contributed by atoms with E-state index in [0.717, 1.165) is 5.69 Å². The van der Waals surface area contributed by atoms with Gasteiger partial charge in [0.1, 0.15) is 0 Å². The first-order valence-electron chi connectivity index (χ1n) is 6.65. The van der Waals surface area contributed by atoms with Crippen LogP contribution in [-0.2, 0) is 0 Å². The quantitative estimate of drug-likeness (QED) is 0.284. The Labute approximate surface area is 134 Å². The van der Waals surface area contributed by atoms with Gasteiger partial charge in [-0.2, -0.15) is 14.6 Å². The largest absolute Gasteiger partial charge is 0.380 e. The van der Waals surface area contributed by atoms with Crippen molar-refractivity contribution < 1.29 is 0 Å². The molecule has 0 bridgehead atoms. The third kappa shape index (κ3) is 2.00. The highest BCUT2D eigenvalue weighted by Crippen LogP contribution is 2.22. The molecule has 0 aliphatic carbocycles. The van der Waals surface area contributed by atoms with Crippen LogP contribution in [0, 0.1) is 4.64 Å². The minimum atomic E-state index is 0.130. The Balaban J connectivity index is 2.14. The molecule has 114 valence electrons. The lowest BCUT2D eigenvalue weighted by atomic mass is 10.3. The van der Waals surface area contributed by atoms with Crippen LogP contribution in [0.15, 0.2) is 36.5 Å². The minimum absolute atomic E-state index is 0.130. The summed E-state index contributed by atoms with van der Waals surface area (Å²) in [6.07, 6.45) is 1.66. The highest BCUT2D eigenvalue weighted by Gasteiger charge is 2.15. The second kappa shape index (κ2) is 4.97. The number of nitrogens with two attached hydrogens (primary N) is 2. The summed E-state index contributed by atoms with van der Waals surface area (Å²) in [5, 5.41) is 9.23. The molecular formula is C13H11N9S. The molecule has 0 atom stereocenters. The molecule has 23 heavy (non-hydrogen) atoms. The maximum Gasteiger partial charge on any atom is 0.242 e. The number of aromatic nitrogens is 6. The number of nitrogen functional groups attached to an aromatic ring is 2. The van der Waals surface area contributed by atoms with Crippen molar-refractivity contribution >= 4 is 40.7 Å². The van der Waals surface area contributed by atoms with Crippen LogP contribution >= 0.6 is 12.2 Å². The highest BCUT2D eigenvalue weighted by molar-refractivity contribution is 7.71. The molecule has 0 fully saturated rings. The minimum Gasteiger partial charge on any atom is -0.380 e. The molecule has 1 aromatic carbocycles. The molecular weight excluding hydrogens is 314 g/mol. The van der Waals surface area contributed by atoms with Gasteiger partial charge in [0.2, 0.25) is 5.95 Å². The number of anilines is 2. The first kappa shape index (κ1) is 13.5. The van der Waals surface area contributed by atoms with Gasteiger partial charge in [-0.3, -0.25) is 5.43 Å². The van der Waals surface area contributed by atoms with E-state index in [1.807, 2.05) is 30.3 Å². The zero-order valence-electron chi connectivity index (χ0n) is 11.7. The van der Waals surface area contributed by atoms with Gasteiger partial charge in [0, 0.05) is 0 Å². The van der Waals surface area contributed by atoms with E-state index in [0.29, 0.717) is 16.7 Å². The van der Waals surface area contributed by atoms with E-state index >= 15 is 0 Å². The van der Waals surface area contributed by atoms with Gasteiger partial charge < -0.3 is 5.73 Å². The number of nitrogens with one attached hydrogen (secondary N) is 1. The van der Waals surface area contributed by atoms with Crippen LogP contribution in [0.1, 0.15) is 0 Å². The van der Waals surface area contributed by atoms with E-state index in [4.69, 9.17) is 23.8 Å².